The molecule has 0 unspecified atom stereocenters. The van der Waals surface area contributed by atoms with Crippen LogP contribution in [0.2, 0.25) is 0 Å². The first kappa shape index (κ1) is 14.4. The molecular weight excluding hydrogens is 318 g/mol. The first-order valence-electron chi connectivity index (χ1n) is 4.55. The van der Waals surface area contributed by atoms with Crippen LogP contribution in [0.15, 0.2) is 10.7 Å². The van der Waals surface area contributed by atoms with Gasteiger partial charge in [-0.2, -0.15) is 0 Å². The number of esters is 1. The topological polar surface area (TPSA) is 82.3 Å². The Balaban J connectivity index is 3.32. The maximum atomic E-state index is 12.5. The van der Waals surface area contributed by atoms with Gasteiger partial charge >= 0.3 is 11.7 Å². The number of hydrogen-bond donors (Lipinski definition) is 0. The van der Waals surface area contributed by atoms with E-state index in [-0.39, 0.29) is 10.2 Å². The number of methoxy groups -OCH3 is 1. The predicted molar refractivity (Wildman–Crippen MR) is 59.3 cm³/mol. The zero-order valence-corrected chi connectivity index (χ0v) is 10.6. The van der Waals surface area contributed by atoms with Gasteiger partial charge in [-0.05, 0) is 15.9 Å². The number of ether oxygens (including phenoxy) is 1. The molecule has 0 aliphatic rings. The summed E-state index contributed by atoms with van der Waals surface area (Å²) in [6.07, 6.45) is -2.58. The molecule has 0 aromatic carbocycles. The highest BCUT2D eigenvalue weighted by atomic mass is 79.9. The smallest absolute Gasteiger partial charge is 0.311 e. The van der Waals surface area contributed by atoms with Crippen LogP contribution in [0.1, 0.15) is 17.7 Å². The monoisotopic (exact) mass is 324 g/mol. The number of hydrogen-bond acceptors (Lipinski definition) is 5. The lowest BCUT2D eigenvalue weighted by Crippen LogP contribution is -2.10. The van der Waals surface area contributed by atoms with E-state index in [0.717, 1.165) is 13.3 Å². The van der Waals surface area contributed by atoms with Crippen molar-refractivity contribution in [3.05, 3.63) is 32.0 Å². The van der Waals surface area contributed by atoms with Gasteiger partial charge in [0.05, 0.1) is 24.0 Å². The summed E-state index contributed by atoms with van der Waals surface area (Å²) in [5, 5.41) is 10.8. The molecule has 0 aliphatic heterocycles. The maximum absolute atomic E-state index is 12.5. The van der Waals surface area contributed by atoms with Crippen LogP contribution in [0.4, 0.5) is 14.5 Å². The predicted octanol–water partition coefficient (Wildman–Crippen LogP) is 2.41. The van der Waals surface area contributed by atoms with Gasteiger partial charge in [0.25, 0.3) is 6.43 Å². The Labute approximate surface area is 108 Å². The summed E-state index contributed by atoms with van der Waals surface area (Å²) in [6, 6.07) is 0. The van der Waals surface area contributed by atoms with Crippen LogP contribution in [0.5, 0.6) is 0 Å². The third-order valence-corrected chi connectivity index (χ3v) is 2.88. The van der Waals surface area contributed by atoms with Crippen LogP contribution in [0.25, 0.3) is 0 Å². The number of halogens is 3. The van der Waals surface area contributed by atoms with Gasteiger partial charge < -0.3 is 4.74 Å². The van der Waals surface area contributed by atoms with Crippen molar-refractivity contribution in [1.29, 1.82) is 0 Å². The lowest BCUT2D eigenvalue weighted by Gasteiger charge is -2.07. The second kappa shape index (κ2) is 5.80. The Morgan fingerprint density at radius 1 is 1.67 bits per heavy atom. The van der Waals surface area contributed by atoms with E-state index in [9.17, 15) is 23.7 Å². The minimum Gasteiger partial charge on any atom is -0.469 e. The molecule has 0 atom stereocenters. The first-order valence-corrected chi connectivity index (χ1v) is 5.34. The van der Waals surface area contributed by atoms with Crippen molar-refractivity contribution < 1.29 is 23.2 Å². The van der Waals surface area contributed by atoms with E-state index in [0.29, 0.717) is 0 Å². The van der Waals surface area contributed by atoms with E-state index in [1.807, 2.05) is 0 Å². The minimum atomic E-state index is -2.90. The lowest BCUT2D eigenvalue weighted by molar-refractivity contribution is -0.386. The standard InChI is InChI=1S/C9H7BrF2N2O4/c1-18-6(15)2-5-8(14(16)17)7(10)4(3-13-5)9(11)12/h3,9H,2H2,1H3. The molecule has 0 fully saturated rings. The van der Waals surface area contributed by atoms with Crippen molar-refractivity contribution in [2.75, 3.05) is 7.11 Å². The number of alkyl halides is 2. The van der Waals surface area contributed by atoms with Gasteiger partial charge in [-0.3, -0.25) is 19.9 Å². The summed E-state index contributed by atoms with van der Waals surface area (Å²) in [5.74, 6) is -0.748. The fraction of sp³-hybridized carbons (Fsp3) is 0.333. The molecule has 0 saturated carbocycles. The third kappa shape index (κ3) is 2.97. The van der Waals surface area contributed by atoms with Crippen LogP contribution < -0.4 is 0 Å². The molecule has 1 aromatic rings. The largest absolute Gasteiger partial charge is 0.469 e. The van der Waals surface area contributed by atoms with Gasteiger partial charge in [-0.1, -0.05) is 0 Å². The van der Waals surface area contributed by atoms with Crippen LogP contribution in [0.3, 0.4) is 0 Å². The van der Waals surface area contributed by atoms with Gasteiger partial charge in [0.15, 0.2) is 0 Å². The van der Waals surface area contributed by atoms with Gasteiger partial charge in [0.2, 0.25) is 0 Å². The second-order valence-corrected chi connectivity index (χ2v) is 3.93. The summed E-state index contributed by atoms with van der Waals surface area (Å²) < 4.78 is 29.1. The van der Waals surface area contributed by atoms with Crippen LogP contribution in [-0.2, 0) is 16.0 Å². The number of carbonyl (C=O) groups excluding carboxylic acids is 1. The molecule has 18 heavy (non-hydrogen) atoms. The van der Waals surface area contributed by atoms with Gasteiger partial charge in [-0.25, -0.2) is 8.78 Å². The summed E-state index contributed by atoms with van der Waals surface area (Å²) in [6.45, 7) is 0. The van der Waals surface area contributed by atoms with Crippen LogP contribution in [-0.4, -0.2) is 23.0 Å². The lowest BCUT2D eigenvalue weighted by atomic mass is 10.2. The van der Waals surface area contributed by atoms with Crippen molar-refractivity contribution in [2.45, 2.75) is 12.8 Å². The SMILES string of the molecule is COC(=O)Cc1ncc(C(F)F)c(Br)c1[N+](=O)[O-]. The second-order valence-electron chi connectivity index (χ2n) is 3.13. The van der Waals surface area contributed by atoms with Gasteiger partial charge in [0, 0.05) is 6.20 Å². The molecule has 0 aliphatic carbocycles. The number of pyridine rings is 1. The molecule has 6 nitrogen and oxygen atoms in total. The Morgan fingerprint density at radius 3 is 2.72 bits per heavy atom. The molecule has 0 spiro atoms. The van der Waals surface area contributed by atoms with E-state index < -0.39 is 35.0 Å². The van der Waals surface area contributed by atoms with Crippen molar-refractivity contribution in [3.8, 4) is 0 Å². The highest BCUT2D eigenvalue weighted by Crippen LogP contribution is 2.35. The van der Waals surface area contributed by atoms with Crippen LogP contribution >= 0.6 is 15.9 Å². The third-order valence-electron chi connectivity index (χ3n) is 2.05. The summed E-state index contributed by atoms with van der Waals surface area (Å²) in [4.78, 5) is 24.5. The highest BCUT2D eigenvalue weighted by Gasteiger charge is 2.27. The summed E-state index contributed by atoms with van der Waals surface area (Å²) >= 11 is 2.73. The van der Waals surface area contributed by atoms with E-state index in [1.165, 1.54) is 0 Å². The normalized spacial score (nSPS) is 10.5. The number of nitro groups is 1. The zero-order chi connectivity index (χ0) is 13.9. The van der Waals surface area contributed by atoms with Crippen molar-refractivity contribution in [2.24, 2.45) is 0 Å². The Kier molecular flexibility index (Phi) is 4.65. The van der Waals surface area contributed by atoms with Gasteiger partial charge in [0.1, 0.15) is 10.2 Å². The quantitative estimate of drug-likeness (QED) is 0.482. The van der Waals surface area contributed by atoms with E-state index in [2.05, 4.69) is 25.7 Å². The maximum Gasteiger partial charge on any atom is 0.311 e. The molecular formula is C9H7BrF2N2O4. The Hall–Kier alpha value is -1.64. The molecule has 1 rings (SSSR count). The van der Waals surface area contributed by atoms with E-state index in [4.69, 9.17) is 0 Å². The minimum absolute atomic E-state index is 0.233. The van der Waals surface area contributed by atoms with E-state index in [1.54, 1.807) is 0 Å². The Bertz CT molecular complexity index is 496. The fourth-order valence-electron chi connectivity index (χ4n) is 1.20. The average molecular weight is 325 g/mol. The summed E-state index contributed by atoms with van der Waals surface area (Å²) in [5.41, 5.74) is -1.49. The van der Waals surface area contributed by atoms with E-state index >= 15 is 0 Å². The molecule has 1 aromatic heterocycles. The molecule has 1 heterocycles. The van der Waals surface area contributed by atoms with Crippen molar-refractivity contribution >= 4 is 27.6 Å². The van der Waals surface area contributed by atoms with Gasteiger partial charge in [-0.15, -0.1) is 0 Å². The molecule has 0 radical (unpaired) electrons. The van der Waals surface area contributed by atoms with Crippen molar-refractivity contribution in [3.63, 3.8) is 0 Å². The molecule has 0 N–H and O–H groups in total. The molecule has 0 bridgehead atoms. The molecule has 98 valence electrons. The fourth-order valence-corrected chi connectivity index (χ4v) is 1.85. The van der Waals surface area contributed by atoms with Crippen LogP contribution in [0, 0.1) is 10.1 Å². The first-order chi connectivity index (χ1) is 8.38. The number of aromatic nitrogens is 1. The molecule has 9 heteroatoms. The molecule has 0 amide bonds. The zero-order valence-electron chi connectivity index (χ0n) is 9.02. The number of carbonyl (C=O) groups is 1. The summed E-state index contributed by atoms with van der Waals surface area (Å²) in [7, 11) is 1.11. The number of nitrogens with zero attached hydrogens (tertiary/aromatic N) is 2. The average Bonchev–Trinajstić information content (AvgIpc) is 2.27. The van der Waals surface area contributed by atoms with Crippen molar-refractivity contribution in [1.82, 2.24) is 4.98 Å². The Morgan fingerprint density at radius 2 is 2.28 bits per heavy atom. The number of rotatable bonds is 4. The molecule has 0 saturated heterocycles. The highest BCUT2D eigenvalue weighted by molar-refractivity contribution is 9.10.